The Morgan fingerprint density at radius 2 is 2.08 bits per heavy atom. The summed E-state index contributed by atoms with van der Waals surface area (Å²) in [5, 5.41) is 8.90. The molecule has 3 rings (SSSR count). The van der Waals surface area contributed by atoms with Crippen LogP contribution in [0.15, 0.2) is 24.3 Å². The molecule has 0 bridgehead atoms. The molecule has 2 aliphatic rings. The number of carboxylic acid groups (broad SMARTS) is 1. The highest BCUT2D eigenvalue weighted by atomic mass is 16.5. The Morgan fingerprint density at radius 1 is 1.31 bits per heavy atom. The molecule has 2 aliphatic heterocycles. The number of carbonyl (C=O) groups is 3. The van der Waals surface area contributed by atoms with Crippen LogP contribution in [0, 0.1) is 5.92 Å². The molecule has 8 heteroatoms. The van der Waals surface area contributed by atoms with E-state index in [0.29, 0.717) is 31.1 Å². The van der Waals surface area contributed by atoms with Gasteiger partial charge in [-0.3, -0.25) is 14.4 Å². The molecule has 8 nitrogen and oxygen atoms in total. The van der Waals surface area contributed by atoms with Crippen LogP contribution in [0.1, 0.15) is 12.8 Å². The Balaban J connectivity index is 1.68. The minimum absolute atomic E-state index is 0.122. The summed E-state index contributed by atoms with van der Waals surface area (Å²) in [6.45, 7) is 1.25. The van der Waals surface area contributed by atoms with E-state index in [0.717, 1.165) is 0 Å². The Morgan fingerprint density at radius 3 is 2.81 bits per heavy atom. The van der Waals surface area contributed by atoms with Gasteiger partial charge in [0.1, 0.15) is 5.75 Å². The maximum atomic E-state index is 12.8. The van der Waals surface area contributed by atoms with Crippen LogP contribution < -0.4 is 9.64 Å². The van der Waals surface area contributed by atoms with Gasteiger partial charge in [-0.2, -0.15) is 0 Å². The normalized spacial score (nSPS) is 23.2. The monoisotopic (exact) mass is 362 g/mol. The average Bonchev–Trinajstić information content (AvgIpc) is 3.02. The zero-order chi connectivity index (χ0) is 18.7. The van der Waals surface area contributed by atoms with E-state index < -0.39 is 18.0 Å². The lowest BCUT2D eigenvalue weighted by Crippen LogP contribution is -2.48. The molecule has 2 amide bonds. The van der Waals surface area contributed by atoms with E-state index in [1.165, 1.54) is 0 Å². The summed E-state index contributed by atoms with van der Waals surface area (Å²) in [6.07, 6.45) is -0.508. The highest BCUT2D eigenvalue weighted by molar-refractivity contribution is 6.01. The summed E-state index contributed by atoms with van der Waals surface area (Å²) < 4.78 is 10.7. The van der Waals surface area contributed by atoms with E-state index in [-0.39, 0.29) is 31.2 Å². The smallest absolute Gasteiger partial charge is 0.306 e. The second-order valence-electron chi connectivity index (χ2n) is 6.45. The summed E-state index contributed by atoms with van der Waals surface area (Å²) in [6, 6.07) is 7.21. The first-order valence-corrected chi connectivity index (χ1v) is 8.55. The Labute approximate surface area is 151 Å². The second-order valence-corrected chi connectivity index (χ2v) is 6.45. The SMILES string of the molecule is COc1ccccc1N1C[C@H](C(=O)N2CCO[C@@H](CC(=O)O)C2)CC1=O. The Kier molecular flexibility index (Phi) is 5.41. The largest absolute Gasteiger partial charge is 0.495 e. The number of carbonyl (C=O) groups excluding carboxylic acids is 2. The van der Waals surface area contributed by atoms with Gasteiger partial charge in [-0.25, -0.2) is 0 Å². The van der Waals surface area contributed by atoms with E-state index in [9.17, 15) is 14.4 Å². The molecule has 0 radical (unpaired) electrons. The fourth-order valence-corrected chi connectivity index (χ4v) is 3.45. The molecule has 2 heterocycles. The summed E-state index contributed by atoms with van der Waals surface area (Å²) in [7, 11) is 1.54. The topological polar surface area (TPSA) is 96.4 Å². The number of aliphatic carboxylic acids is 1. The number of ether oxygens (including phenoxy) is 2. The number of morpholine rings is 1. The molecule has 0 spiro atoms. The third-order valence-corrected chi connectivity index (χ3v) is 4.70. The number of rotatable bonds is 5. The third-order valence-electron chi connectivity index (χ3n) is 4.70. The number of para-hydroxylation sites is 2. The summed E-state index contributed by atoms with van der Waals surface area (Å²) in [5.41, 5.74) is 0.654. The number of hydrogen-bond donors (Lipinski definition) is 1. The molecule has 2 atom stereocenters. The maximum absolute atomic E-state index is 12.8. The highest BCUT2D eigenvalue weighted by Gasteiger charge is 2.39. The van der Waals surface area contributed by atoms with Crippen LogP contribution in [0.4, 0.5) is 5.69 Å². The molecular formula is C18H22N2O6. The average molecular weight is 362 g/mol. The van der Waals surface area contributed by atoms with E-state index in [1.54, 1.807) is 29.0 Å². The van der Waals surface area contributed by atoms with Gasteiger partial charge in [-0.1, -0.05) is 12.1 Å². The van der Waals surface area contributed by atoms with Gasteiger partial charge in [0.05, 0.1) is 37.8 Å². The van der Waals surface area contributed by atoms with Crippen molar-refractivity contribution in [2.24, 2.45) is 5.92 Å². The molecule has 0 unspecified atom stereocenters. The number of anilines is 1. The summed E-state index contributed by atoms with van der Waals surface area (Å²) in [5.74, 6) is -1.07. The van der Waals surface area contributed by atoms with E-state index in [2.05, 4.69) is 0 Å². The standard InChI is InChI=1S/C18H22N2O6/c1-25-15-5-3-2-4-14(15)20-10-12(8-16(20)21)18(24)19-6-7-26-13(11-19)9-17(22)23/h2-5,12-13H,6-11H2,1H3,(H,22,23)/t12-,13+/m1/s1. The lowest BCUT2D eigenvalue weighted by atomic mass is 10.1. The van der Waals surface area contributed by atoms with Crippen LogP contribution in [0.25, 0.3) is 0 Å². The van der Waals surface area contributed by atoms with E-state index in [1.807, 2.05) is 12.1 Å². The molecular weight excluding hydrogens is 340 g/mol. The quantitative estimate of drug-likeness (QED) is 0.830. The number of amides is 2. The van der Waals surface area contributed by atoms with Gasteiger partial charge < -0.3 is 24.4 Å². The molecule has 1 N–H and O–H groups in total. The zero-order valence-electron chi connectivity index (χ0n) is 14.6. The van der Waals surface area contributed by atoms with Gasteiger partial charge in [0.25, 0.3) is 0 Å². The minimum atomic E-state index is -0.956. The molecule has 0 saturated carbocycles. The van der Waals surface area contributed by atoms with Crippen LogP contribution in [-0.4, -0.2) is 67.2 Å². The first-order chi connectivity index (χ1) is 12.5. The fourth-order valence-electron chi connectivity index (χ4n) is 3.45. The highest BCUT2D eigenvalue weighted by Crippen LogP contribution is 2.33. The predicted molar refractivity (Wildman–Crippen MR) is 92.0 cm³/mol. The molecule has 26 heavy (non-hydrogen) atoms. The van der Waals surface area contributed by atoms with Crippen molar-refractivity contribution in [1.29, 1.82) is 0 Å². The number of benzene rings is 1. The number of hydrogen-bond acceptors (Lipinski definition) is 5. The molecule has 2 fully saturated rings. The number of nitrogens with zero attached hydrogens (tertiary/aromatic N) is 2. The Hall–Kier alpha value is -2.61. The van der Waals surface area contributed by atoms with E-state index in [4.69, 9.17) is 14.6 Å². The van der Waals surface area contributed by atoms with Crippen LogP contribution in [-0.2, 0) is 19.1 Å². The zero-order valence-corrected chi connectivity index (χ0v) is 14.6. The lowest BCUT2D eigenvalue weighted by molar-refractivity contribution is -0.149. The van der Waals surface area contributed by atoms with Crippen molar-refractivity contribution in [3.63, 3.8) is 0 Å². The van der Waals surface area contributed by atoms with Gasteiger partial charge in [0, 0.05) is 26.1 Å². The molecule has 140 valence electrons. The van der Waals surface area contributed by atoms with Gasteiger partial charge in [-0.05, 0) is 12.1 Å². The van der Waals surface area contributed by atoms with Gasteiger partial charge in [-0.15, -0.1) is 0 Å². The van der Waals surface area contributed by atoms with E-state index >= 15 is 0 Å². The fraction of sp³-hybridized carbons (Fsp3) is 0.500. The van der Waals surface area contributed by atoms with Crippen LogP contribution in [0.3, 0.4) is 0 Å². The first kappa shape index (κ1) is 18.2. The molecule has 2 saturated heterocycles. The summed E-state index contributed by atoms with van der Waals surface area (Å²) in [4.78, 5) is 39.3. The summed E-state index contributed by atoms with van der Waals surface area (Å²) >= 11 is 0. The van der Waals surface area contributed by atoms with Crippen molar-refractivity contribution < 1.29 is 29.0 Å². The van der Waals surface area contributed by atoms with Crippen molar-refractivity contribution in [2.75, 3.05) is 38.3 Å². The molecule has 0 aliphatic carbocycles. The van der Waals surface area contributed by atoms with Gasteiger partial charge >= 0.3 is 5.97 Å². The first-order valence-electron chi connectivity index (χ1n) is 8.55. The molecule has 1 aromatic rings. The van der Waals surface area contributed by atoms with Crippen molar-refractivity contribution in [3.05, 3.63) is 24.3 Å². The minimum Gasteiger partial charge on any atom is -0.495 e. The van der Waals surface area contributed by atoms with Crippen molar-refractivity contribution in [3.8, 4) is 5.75 Å². The number of methoxy groups -OCH3 is 1. The van der Waals surface area contributed by atoms with Crippen molar-refractivity contribution >= 4 is 23.5 Å². The van der Waals surface area contributed by atoms with Gasteiger partial charge in [0.15, 0.2) is 0 Å². The number of carboxylic acids is 1. The van der Waals surface area contributed by atoms with Crippen molar-refractivity contribution in [2.45, 2.75) is 18.9 Å². The Bertz CT molecular complexity index is 707. The molecule has 1 aromatic carbocycles. The van der Waals surface area contributed by atoms with Crippen LogP contribution in [0.2, 0.25) is 0 Å². The van der Waals surface area contributed by atoms with Gasteiger partial charge in [0.2, 0.25) is 11.8 Å². The maximum Gasteiger partial charge on any atom is 0.306 e. The lowest BCUT2D eigenvalue weighted by Gasteiger charge is -2.33. The second kappa shape index (κ2) is 7.74. The van der Waals surface area contributed by atoms with Crippen LogP contribution in [0.5, 0.6) is 5.75 Å². The van der Waals surface area contributed by atoms with Crippen molar-refractivity contribution in [1.82, 2.24) is 4.90 Å². The third kappa shape index (κ3) is 3.80. The predicted octanol–water partition coefficient (Wildman–Crippen LogP) is 0.750. The molecule has 0 aromatic heterocycles. The van der Waals surface area contributed by atoms with Crippen LogP contribution >= 0.6 is 0 Å².